The Kier molecular flexibility index (Phi) is 8.88. The molecule has 4 bridgehead atoms. The van der Waals surface area contributed by atoms with Crippen molar-refractivity contribution in [1.29, 1.82) is 0 Å². The molecule has 5 aliphatic rings. The number of hydrogen-bond acceptors (Lipinski definition) is 2. The summed E-state index contributed by atoms with van der Waals surface area (Å²) in [6.07, 6.45) is 7.02. The van der Waals surface area contributed by atoms with Crippen molar-refractivity contribution < 1.29 is 0 Å². The van der Waals surface area contributed by atoms with Crippen molar-refractivity contribution in [2.75, 3.05) is 9.80 Å². The molecule has 11 aromatic rings. The second-order valence-electron chi connectivity index (χ2n) is 20.9. The highest BCUT2D eigenvalue weighted by atomic mass is 15.2. The zero-order chi connectivity index (χ0) is 45.9. The van der Waals surface area contributed by atoms with E-state index in [1.807, 2.05) is 0 Å². The van der Waals surface area contributed by atoms with Gasteiger partial charge in [0, 0.05) is 38.9 Å². The molecule has 0 aliphatic heterocycles. The van der Waals surface area contributed by atoms with Crippen LogP contribution in [0.4, 0.5) is 34.1 Å². The summed E-state index contributed by atoms with van der Waals surface area (Å²) in [6, 6.07) is 86.6. The summed E-state index contributed by atoms with van der Waals surface area (Å²) in [6.45, 7) is 0. The van der Waals surface area contributed by atoms with Gasteiger partial charge in [-0.1, -0.05) is 170 Å². The Hall–Kier alpha value is -7.94. The van der Waals surface area contributed by atoms with Gasteiger partial charge in [0.15, 0.2) is 0 Å². The quantitative estimate of drug-likeness (QED) is 0.140. The average molecular weight is 897 g/mol. The Bertz CT molecular complexity index is 3690. The summed E-state index contributed by atoms with van der Waals surface area (Å²) in [4.78, 5) is 5.01. The molecule has 0 aromatic heterocycles. The monoisotopic (exact) mass is 896 g/mol. The van der Waals surface area contributed by atoms with Crippen LogP contribution in [-0.2, 0) is 5.41 Å². The van der Waals surface area contributed by atoms with Gasteiger partial charge in [0.1, 0.15) is 0 Å². The predicted molar refractivity (Wildman–Crippen MR) is 294 cm³/mol. The molecule has 2 heteroatoms. The van der Waals surface area contributed by atoms with E-state index in [9.17, 15) is 0 Å². The summed E-state index contributed by atoms with van der Waals surface area (Å²) in [5.41, 5.74) is 18.0. The van der Waals surface area contributed by atoms with Gasteiger partial charge in [-0.15, -0.1) is 0 Å². The zero-order valence-corrected chi connectivity index (χ0v) is 39.2. The van der Waals surface area contributed by atoms with Crippen LogP contribution >= 0.6 is 0 Å². The molecule has 5 aliphatic carbocycles. The fourth-order valence-electron chi connectivity index (χ4n) is 14.8. The second kappa shape index (κ2) is 15.5. The minimum atomic E-state index is 0.139. The highest BCUT2D eigenvalue weighted by Crippen LogP contribution is 2.69. The van der Waals surface area contributed by atoms with Gasteiger partial charge in [0.05, 0.1) is 11.4 Å². The van der Waals surface area contributed by atoms with Crippen LogP contribution in [0.3, 0.4) is 0 Å². The maximum absolute atomic E-state index is 2.57. The minimum absolute atomic E-state index is 0.139. The van der Waals surface area contributed by atoms with E-state index in [4.69, 9.17) is 0 Å². The molecule has 0 N–H and O–H groups in total. The van der Waals surface area contributed by atoms with Crippen molar-refractivity contribution in [2.45, 2.75) is 37.5 Å². The molecule has 4 saturated carbocycles. The van der Waals surface area contributed by atoms with E-state index in [0.29, 0.717) is 0 Å². The lowest BCUT2D eigenvalue weighted by molar-refractivity contribution is -0.0399. The molecular formula is C68H52N2. The van der Waals surface area contributed by atoms with Crippen LogP contribution in [0.25, 0.3) is 65.7 Å². The fourth-order valence-corrected chi connectivity index (χ4v) is 14.8. The van der Waals surface area contributed by atoms with Gasteiger partial charge < -0.3 is 9.80 Å². The van der Waals surface area contributed by atoms with Gasteiger partial charge in [0.25, 0.3) is 0 Å². The van der Waals surface area contributed by atoms with E-state index in [2.05, 4.69) is 240 Å². The molecule has 11 aromatic carbocycles. The standard InChI is InChI=1S/C68H52N2/c1-4-14-46(15-5-1)50-18-12-22-55(41-50)70(56-23-13-19-51(42-56)47-16-6-2-7-17-47)65-35-29-49-26-31-59-64(34-28-48-27-32-60(65)67(49)66(48)59)69(54-20-8-3-9-21-54)57-30-33-63-61(43-57)58-24-10-11-25-62(58)68(63)52-37-44-36-45(39-52)40-53(68)38-44/h1-35,41-45,52-53H,36-40H2. The predicted octanol–water partition coefficient (Wildman–Crippen LogP) is 18.6. The Labute approximate surface area is 410 Å². The molecule has 334 valence electrons. The summed E-state index contributed by atoms with van der Waals surface area (Å²) < 4.78 is 0. The normalized spacial score (nSPS) is 20.6. The molecule has 1 spiro atoms. The van der Waals surface area contributed by atoms with Crippen LogP contribution in [0.5, 0.6) is 0 Å². The first kappa shape index (κ1) is 40.0. The zero-order valence-electron chi connectivity index (χ0n) is 39.2. The lowest BCUT2D eigenvalue weighted by Crippen LogP contribution is -2.55. The third-order valence-electron chi connectivity index (χ3n) is 17.3. The van der Waals surface area contributed by atoms with E-state index in [-0.39, 0.29) is 5.41 Å². The van der Waals surface area contributed by atoms with Crippen LogP contribution < -0.4 is 9.80 Å². The van der Waals surface area contributed by atoms with Crippen molar-refractivity contribution in [3.05, 3.63) is 242 Å². The number of para-hydroxylation sites is 1. The molecule has 16 rings (SSSR count). The van der Waals surface area contributed by atoms with E-state index in [1.54, 1.807) is 11.1 Å². The Balaban J connectivity index is 0.923. The van der Waals surface area contributed by atoms with Gasteiger partial charge >= 0.3 is 0 Å². The first-order valence-corrected chi connectivity index (χ1v) is 25.6. The van der Waals surface area contributed by atoms with Gasteiger partial charge in [-0.25, -0.2) is 0 Å². The van der Waals surface area contributed by atoms with E-state index < -0.39 is 0 Å². The van der Waals surface area contributed by atoms with Crippen molar-refractivity contribution >= 4 is 66.4 Å². The highest BCUT2D eigenvalue weighted by molar-refractivity contribution is 6.28. The lowest BCUT2D eigenvalue weighted by Gasteiger charge is -2.61. The van der Waals surface area contributed by atoms with Crippen LogP contribution in [0.1, 0.15) is 43.2 Å². The SMILES string of the molecule is c1ccc(-c2cccc(N(c3cccc(-c4ccccc4)c3)c3ccc4ccc5c(N(c6ccccc6)c6ccc7c(c6)-c6ccccc6C76C7CC8CC(C7)CC6C8)ccc6ccc3c4c65)c2)cc1. The number of anilines is 6. The third kappa shape index (κ3) is 5.92. The van der Waals surface area contributed by atoms with Crippen LogP contribution in [0, 0.1) is 23.7 Å². The van der Waals surface area contributed by atoms with E-state index in [0.717, 1.165) is 46.4 Å². The molecule has 0 atom stereocenters. The molecule has 0 amide bonds. The topological polar surface area (TPSA) is 6.48 Å². The number of rotatable bonds is 8. The average Bonchev–Trinajstić information content (AvgIpc) is 3.71. The highest BCUT2D eigenvalue weighted by Gasteiger charge is 2.61. The minimum Gasteiger partial charge on any atom is -0.310 e. The summed E-state index contributed by atoms with van der Waals surface area (Å²) in [7, 11) is 0. The maximum atomic E-state index is 2.57. The van der Waals surface area contributed by atoms with Crippen LogP contribution in [0.2, 0.25) is 0 Å². The molecule has 0 unspecified atom stereocenters. The molecule has 2 nitrogen and oxygen atoms in total. The molecule has 0 saturated heterocycles. The maximum Gasteiger partial charge on any atom is 0.0540 e. The van der Waals surface area contributed by atoms with Crippen molar-refractivity contribution in [3.63, 3.8) is 0 Å². The molecule has 0 radical (unpaired) electrons. The first-order chi connectivity index (χ1) is 34.7. The van der Waals surface area contributed by atoms with Crippen molar-refractivity contribution in [1.82, 2.24) is 0 Å². The van der Waals surface area contributed by atoms with Crippen LogP contribution in [-0.4, -0.2) is 0 Å². The summed E-state index contributed by atoms with van der Waals surface area (Å²) in [5.74, 6) is 3.31. The number of nitrogens with zero attached hydrogens (tertiary/aromatic N) is 2. The summed E-state index contributed by atoms with van der Waals surface area (Å²) >= 11 is 0. The van der Waals surface area contributed by atoms with Crippen molar-refractivity contribution in [2.24, 2.45) is 23.7 Å². The lowest BCUT2D eigenvalue weighted by atomic mass is 9.43. The van der Waals surface area contributed by atoms with E-state index in [1.165, 1.54) is 109 Å². The number of fused-ring (bicyclic) bond motifs is 3. The van der Waals surface area contributed by atoms with Crippen LogP contribution in [0.15, 0.2) is 231 Å². The smallest absolute Gasteiger partial charge is 0.0540 e. The molecule has 4 fully saturated rings. The molecule has 0 heterocycles. The second-order valence-corrected chi connectivity index (χ2v) is 20.9. The molecule has 70 heavy (non-hydrogen) atoms. The fraction of sp³-hybridized carbons (Fsp3) is 0.147. The van der Waals surface area contributed by atoms with Gasteiger partial charge in [-0.3, -0.25) is 0 Å². The molecular weight excluding hydrogens is 845 g/mol. The Morgan fingerprint density at radius 2 is 0.757 bits per heavy atom. The largest absolute Gasteiger partial charge is 0.310 e. The van der Waals surface area contributed by atoms with Gasteiger partial charge in [-0.05, 0) is 182 Å². The van der Waals surface area contributed by atoms with Gasteiger partial charge in [-0.2, -0.15) is 0 Å². The first-order valence-electron chi connectivity index (χ1n) is 25.6. The van der Waals surface area contributed by atoms with Gasteiger partial charge in [0.2, 0.25) is 0 Å². The number of hydrogen-bond donors (Lipinski definition) is 0. The van der Waals surface area contributed by atoms with E-state index >= 15 is 0 Å². The van der Waals surface area contributed by atoms with Crippen molar-refractivity contribution in [3.8, 4) is 33.4 Å². The Morgan fingerprint density at radius 1 is 0.314 bits per heavy atom. The third-order valence-corrected chi connectivity index (χ3v) is 17.3. The Morgan fingerprint density at radius 3 is 1.33 bits per heavy atom. The number of benzene rings is 11. The summed E-state index contributed by atoms with van der Waals surface area (Å²) in [5, 5.41) is 7.55.